The van der Waals surface area contributed by atoms with E-state index in [1.54, 1.807) is 18.4 Å². The number of aromatic nitrogens is 1. The van der Waals surface area contributed by atoms with Crippen molar-refractivity contribution in [1.29, 1.82) is 0 Å². The molecule has 8 heteroatoms. The predicted molar refractivity (Wildman–Crippen MR) is 91.6 cm³/mol. The summed E-state index contributed by atoms with van der Waals surface area (Å²) in [5.41, 5.74) is 0.708. The van der Waals surface area contributed by atoms with Crippen LogP contribution >= 0.6 is 23.2 Å². The molecule has 0 bridgehead atoms. The number of carbonyl (C=O) groups is 1. The van der Waals surface area contributed by atoms with E-state index in [1.807, 2.05) is 23.1 Å². The van der Waals surface area contributed by atoms with Crippen molar-refractivity contribution in [2.45, 2.75) is 19.6 Å². The Morgan fingerprint density at radius 3 is 2.64 bits per heavy atom. The van der Waals surface area contributed by atoms with Gasteiger partial charge in [-0.1, -0.05) is 35.3 Å². The van der Waals surface area contributed by atoms with E-state index in [1.165, 1.54) is 0 Å². The molecule has 0 saturated carbocycles. The highest BCUT2D eigenvalue weighted by Crippen LogP contribution is 2.27. The number of furan rings is 1. The van der Waals surface area contributed by atoms with Crippen LogP contribution in [0, 0.1) is 0 Å². The van der Waals surface area contributed by atoms with Crippen LogP contribution in [0.5, 0.6) is 0 Å². The van der Waals surface area contributed by atoms with Crippen molar-refractivity contribution >= 4 is 29.2 Å². The van der Waals surface area contributed by atoms with Crippen molar-refractivity contribution in [3.63, 3.8) is 0 Å². The molecule has 0 aliphatic heterocycles. The van der Waals surface area contributed by atoms with Crippen LogP contribution < -0.4 is 0 Å². The standard InChI is InChI=1S/C17H14Cl2N2O4/c18-13-5-1-3-11(16(13)19)7-21(8-12-4-2-6-24-12)9-15-20-14(10-25-15)17(22)23/h1-6,10H,7-9H2,(H,22,23). The van der Waals surface area contributed by atoms with Crippen LogP contribution in [0.15, 0.2) is 51.7 Å². The van der Waals surface area contributed by atoms with Gasteiger partial charge in [-0.25, -0.2) is 9.78 Å². The fourth-order valence-electron chi connectivity index (χ4n) is 2.38. The zero-order valence-electron chi connectivity index (χ0n) is 13.0. The molecule has 0 amide bonds. The number of aromatic carboxylic acids is 1. The van der Waals surface area contributed by atoms with E-state index >= 15 is 0 Å². The van der Waals surface area contributed by atoms with Gasteiger partial charge in [0.25, 0.3) is 0 Å². The summed E-state index contributed by atoms with van der Waals surface area (Å²) < 4.78 is 10.6. The summed E-state index contributed by atoms with van der Waals surface area (Å²) in [5.74, 6) is -0.0873. The molecule has 0 atom stereocenters. The van der Waals surface area contributed by atoms with Crippen molar-refractivity contribution in [2.75, 3.05) is 0 Å². The number of oxazole rings is 1. The highest BCUT2D eigenvalue weighted by atomic mass is 35.5. The predicted octanol–water partition coefficient (Wildman–Crippen LogP) is 4.48. The average molecular weight is 381 g/mol. The molecule has 3 aromatic rings. The number of halogens is 2. The Bertz CT molecular complexity index is 861. The van der Waals surface area contributed by atoms with Crippen LogP contribution in [0.3, 0.4) is 0 Å². The van der Waals surface area contributed by atoms with Gasteiger partial charge in [0.1, 0.15) is 12.0 Å². The van der Waals surface area contributed by atoms with Gasteiger partial charge in [-0.15, -0.1) is 0 Å². The van der Waals surface area contributed by atoms with E-state index < -0.39 is 5.97 Å². The molecule has 0 unspecified atom stereocenters. The summed E-state index contributed by atoms with van der Waals surface area (Å²) in [7, 11) is 0. The summed E-state index contributed by atoms with van der Waals surface area (Å²) in [6.07, 6.45) is 2.71. The summed E-state index contributed by atoms with van der Waals surface area (Å²) in [5, 5.41) is 9.91. The fourth-order valence-corrected chi connectivity index (χ4v) is 2.75. The first-order valence-electron chi connectivity index (χ1n) is 7.38. The molecule has 130 valence electrons. The molecule has 0 saturated heterocycles. The SMILES string of the molecule is O=C(O)c1coc(CN(Cc2ccco2)Cc2cccc(Cl)c2Cl)n1. The molecular formula is C17H14Cl2N2O4. The Kier molecular flexibility index (Phi) is 5.43. The molecule has 3 rings (SSSR count). The Hall–Kier alpha value is -2.28. The highest BCUT2D eigenvalue weighted by molar-refractivity contribution is 6.42. The van der Waals surface area contributed by atoms with Gasteiger partial charge in [-0.2, -0.15) is 0 Å². The molecule has 1 N–H and O–H groups in total. The smallest absolute Gasteiger partial charge is 0.357 e. The maximum absolute atomic E-state index is 10.9. The van der Waals surface area contributed by atoms with E-state index in [-0.39, 0.29) is 12.2 Å². The number of hydrogen-bond acceptors (Lipinski definition) is 5. The van der Waals surface area contributed by atoms with Crippen LogP contribution in [0.25, 0.3) is 0 Å². The zero-order chi connectivity index (χ0) is 17.8. The summed E-state index contributed by atoms with van der Waals surface area (Å²) in [6.45, 7) is 1.22. The quantitative estimate of drug-likeness (QED) is 0.650. The van der Waals surface area contributed by atoms with E-state index in [2.05, 4.69) is 4.98 Å². The van der Waals surface area contributed by atoms with Crippen LogP contribution in [0.4, 0.5) is 0 Å². The van der Waals surface area contributed by atoms with E-state index in [0.717, 1.165) is 17.6 Å². The third-order valence-electron chi connectivity index (χ3n) is 3.51. The van der Waals surface area contributed by atoms with Gasteiger partial charge in [0, 0.05) is 6.54 Å². The second-order valence-electron chi connectivity index (χ2n) is 5.37. The van der Waals surface area contributed by atoms with Crippen molar-refractivity contribution in [1.82, 2.24) is 9.88 Å². The maximum Gasteiger partial charge on any atom is 0.357 e. The maximum atomic E-state index is 10.9. The van der Waals surface area contributed by atoms with Crippen LogP contribution in [-0.4, -0.2) is 21.0 Å². The molecule has 0 aliphatic rings. The molecular weight excluding hydrogens is 367 g/mol. The first-order chi connectivity index (χ1) is 12.0. The molecule has 1 aromatic carbocycles. The van der Waals surface area contributed by atoms with Crippen molar-refractivity contribution < 1.29 is 18.7 Å². The first-order valence-corrected chi connectivity index (χ1v) is 8.14. The second kappa shape index (κ2) is 7.74. The number of hydrogen-bond donors (Lipinski definition) is 1. The highest BCUT2D eigenvalue weighted by Gasteiger charge is 2.17. The van der Waals surface area contributed by atoms with Gasteiger partial charge in [-0.3, -0.25) is 4.90 Å². The lowest BCUT2D eigenvalue weighted by Gasteiger charge is -2.20. The first kappa shape index (κ1) is 17.5. The lowest BCUT2D eigenvalue weighted by atomic mass is 10.2. The monoisotopic (exact) mass is 380 g/mol. The number of rotatable bonds is 7. The fraction of sp³-hybridized carbons (Fsp3) is 0.176. The molecule has 25 heavy (non-hydrogen) atoms. The van der Waals surface area contributed by atoms with Gasteiger partial charge in [0.2, 0.25) is 5.89 Å². The molecule has 0 fully saturated rings. The minimum absolute atomic E-state index is 0.131. The Morgan fingerprint density at radius 2 is 1.96 bits per heavy atom. The third kappa shape index (κ3) is 4.42. The van der Waals surface area contributed by atoms with E-state index in [9.17, 15) is 4.79 Å². The zero-order valence-corrected chi connectivity index (χ0v) is 14.5. The van der Waals surface area contributed by atoms with E-state index in [4.69, 9.17) is 37.1 Å². The lowest BCUT2D eigenvalue weighted by Crippen LogP contribution is -2.22. The number of benzene rings is 1. The number of nitrogens with zero attached hydrogens (tertiary/aromatic N) is 2. The molecule has 0 aliphatic carbocycles. The normalized spacial score (nSPS) is 11.2. The molecule has 2 heterocycles. The van der Waals surface area contributed by atoms with Crippen molar-refractivity contribution in [3.8, 4) is 0 Å². The van der Waals surface area contributed by atoms with Crippen molar-refractivity contribution in [2.24, 2.45) is 0 Å². The Balaban J connectivity index is 1.81. The minimum atomic E-state index is -1.13. The van der Waals surface area contributed by atoms with Gasteiger partial charge in [0.05, 0.1) is 29.4 Å². The summed E-state index contributed by atoms with van der Waals surface area (Å²) in [4.78, 5) is 16.9. The summed E-state index contributed by atoms with van der Waals surface area (Å²) in [6, 6.07) is 9.07. The van der Waals surface area contributed by atoms with Gasteiger partial charge < -0.3 is 13.9 Å². The second-order valence-corrected chi connectivity index (χ2v) is 6.15. The average Bonchev–Trinajstić information content (AvgIpc) is 3.23. The van der Waals surface area contributed by atoms with Gasteiger partial charge in [-0.05, 0) is 23.8 Å². The van der Waals surface area contributed by atoms with Crippen LogP contribution in [0.1, 0.15) is 27.7 Å². The summed E-state index contributed by atoms with van der Waals surface area (Å²) >= 11 is 12.3. The molecule has 0 spiro atoms. The number of carboxylic acid groups (broad SMARTS) is 1. The third-order valence-corrected chi connectivity index (χ3v) is 4.37. The van der Waals surface area contributed by atoms with Gasteiger partial charge in [0.15, 0.2) is 5.69 Å². The Labute approximate surface area is 153 Å². The van der Waals surface area contributed by atoms with E-state index in [0.29, 0.717) is 29.0 Å². The van der Waals surface area contributed by atoms with Crippen LogP contribution in [0.2, 0.25) is 10.0 Å². The Morgan fingerprint density at radius 1 is 1.12 bits per heavy atom. The minimum Gasteiger partial charge on any atom is -0.476 e. The molecule has 2 aromatic heterocycles. The largest absolute Gasteiger partial charge is 0.476 e. The van der Waals surface area contributed by atoms with Crippen LogP contribution in [-0.2, 0) is 19.6 Å². The van der Waals surface area contributed by atoms with Gasteiger partial charge >= 0.3 is 5.97 Å². The molecule has 6 nitrogen and oxygen atoms in total. The number of carboxylic acids is 1. The molecule has 0 radical (unpaired) electrons. The van der Waals surface area contributed by atoms with Crippen molar-refractivity contribution in [3.05, 3.63) is 75.8 Å². The topological polar surface area (TPSA) is 79.7 Å². The lowest BCUT2D eigenvalue weighted by molar-refractivity contribution is 0.0690.